The molecule has 0 bridgehead atoms. The van der Waals surface area contributed by atoms with E-state index in [4.69, 9.17) is 9.31 Å². The van der Waals surface area contributed by atoms with Crippen LogP contribution in [0.4, 0.5) is 5.69 Å². The summed E-state index contributed by atoms with van der Waals surface area (Å²) in [6, 6.07) is 8.28. The molecule has 1 aliphatic rings. The van der Waals surface area contributed by atoms with Crippen molar-refractivity contribution in [1.82, 2.24) is 4.98 Å². The summed E-state index contributed by atoms with van der Waals surface area (Å²) in [4.78, 5) is 4.30. The molecule has 2 heterocycles. The maximum absolute atomic E-state index is 12.7. The highest BCUT2D eigenvalue weighted by Crippen LogP contribution is 2.37. The standard InChI is InChI=1S/C18H23BN2O4S/c1-13-6-8-14(9-7-13)26(22,23)21-16-10-11-20-12-15(16)19-24-17(2,3)18(4,5)25-19/h6-12H,1-5H3,(H,20,21). The van der Waals surface area contributed by atoms with Gasteiger partial charge in [-0.1, -0.05) is 17.7 Å². The quantitative estimate of drug-likeness (QED) is 0.832. The number of aromatic nitrogens is 1. The van der Waals surface area contributed by atoms with E-state index in [-0.39, 0.29) is 4.90 Å². The Morgan fingerprint density at radius 2 is 1.58 bits per heavy atom. The summed E-state index contributed by atoms with van der Waals surface area (Å²) in [5, 5.41) is 0. The second kappa shape index (κ2) is 6.37. The van der Waals surface area contributed by atoms with Crippen LogP contribution < -0.4 is 10.2 Å². The zero-order valence-electron chi connectivity index (χ0n) is 15.6. The SMILES string of the molecule is Cc1ccc(S(=O)(=O)Nc2ccncc2B2OC(C)(C)C(C)(C)O2)cc1. The third-order valence-electron chi connectivity index (χ3n) is 4.93. The van der Waals surface area contributed by atoms with Crippen molar-refractivity contribution >= 4 is 28.3 Å². The first kappa shape index (κ1) is 18.9. The number of hydrogen-bond acceptors (Lipinski definition) is 5. The van der Waals surface area contributed by atoms with Crippen LogP contribution >= 0.6 is 0 Å². The molecule has 0 spiro atoms. The molecule has 1 aromatic heterocycles. The molecule has 1 N–H and O–H groups in total. The predicted molar refractivity (Wildman–Crippen MR) is 102 cm³/mol. The van der Waals surface area contributed by atoms with Gasteiger partial charge in [-0.05, 0) is 52.8 Å². The lowest BCUT2D eigenvalue weighted by Crippen LogP contribution is -2.41. The summed E-state index contributed by atoms with van der Waals surface area (Å²) in [5.41, 5.74) is 0.869. The van der Waals surface area contributed by atoms with E-state index in [2.05, 4.69) is 9.71 Å². The number of nitrogens with one attached hydrogen (secondary N) is 1. The minimum absolute atomic E-state index is 0.194. The molecule has 0 saturated carbocycles. The van der Waals surface area contributed by atoms with Gasteiger partial charge < -0.3 is 9.31 Å². The smallest absolute Gasteiger partial charge is 0.399 e. The summed E-state index contributed by atoms with van der Waals surface area (Å²) < 4.78 is 40.1. The van der Waals surface area contributed by atoms with Crippen LogP contribution in [0.25, 0.3) is 0 Å². The third-order valence-corrected chi connectivity index (χ3v) is 6.32. The fraction of sp³-hybridized carbons (Fsp3) is 0.389. The van der Waals surface area contributed by atoms with E-state index in [1.54, 1.807) is 36.5 Å². The number of sulfonamides is 1. The number of aryl methyl sites for hydroxylation is 1. The van der Waals surface area contributed by atoms with Crippen LogP contribution in [0.15, 0.2) is 47.6 Å². The highest BCUT2D eigenvalue weighted by molar-refractivity contribution is 7.92. The van der Waals surface area contributed by atoms with Crippen molar-refractivity contribution in [1.29, 1.82) is 0 Å². The fourth-order valence-electron chi connectivity index (χ4n) is 2.58. The molecule has 0 aliphatic carbocycles. The van der Waals surface area contributed by atoms with Gasteiger partial charge in [-0.15, -0.1) is 0 Å². The van der Waals surface area contributed by atoms with E-state index < -0.39 is 28.3 Å². The van der Waals surface area contributed by atoms with E-state index in [1.807, 2.05) is 34.6 Å². The van der Waals surface area contributed by atoms with Gasteiger partial charge in [0.25, 0.3) is 10.0 Å². The Kier molecular flexibility index (Phi) is 4.63. The van der Waals surface area contributed by atoms with Gasteiger partial charge >= 0.3 is 7.12 Å². The molecule has 0 amide bonds. The van der Waals surface area contributed by atoms with Crippen LogP contribution in [0.5, 0.6) is 0 Å². The van der Waals surface area contributed by atoms with Gasteiger partial charge in [-0.2, -0.15) is 0 Å². The van der Waals surface area contributed by atoms with Gasteiger partial charge in [0.05, 0.1) is 21.8 Å². The van der Waals surface area contributed by atoms with Crippen LogP contribution in [0.2, 0.25) is 0 Å². The monoisotopic (exact) mass is 374 g/mol. The van der Waals surface area contributed by atoms with Crippen molar-refractivity contribution in [2.24, 2.45) is 0 Å². The number of rotatable bonds is 4. The molecule has 1 aliphatic heterocycles. The van der Waals surface area contributed by atoms with Gasteiger partial charge in [-0.25, -0.2) is 8.42 Å². The highest BCUT2D eigenvalue weighted by atomic mass is 32.2. The van der Waals surface area contributed by atoms with Gasteiger partial charge in [0, 0.05) is 17.9 Å². The minimum Gasteiger partial charge on any atom is -0.399 e. The lowest BCUT2D eigenvalue weighted by molar-refractivity contribution is 0.00578. The van der Waals surface area contributed by atoms with Crippen LogP contribution in [-0.4, -0.2) is 31.7 Å². The fourth-order valence-corrected chi connectivity index (χ4v) is 3.67. The molecular formula is C18H23BN2O4S. The molecule has 0 atom stereocenters. The molecule has 1 aromatic carbocycles. The molecule has 3 rings (SSSR count). The molecular weight excluding hydrogens is 351 g/mol. The van der Waals surface area contributed by atoms with Crippen molar-refractivity contribution in [3.8, 4) is 0 Å². The summed E-state index contributed by atoms with van der Waals surface area (Å²) in [6.45, 7) is 9.68. The lowest BCUT2D eigenvalue weighted by Gasteiger charge is -2.32. The van der Waals surface area contributed by atoms with E-state index >= 15 is 0 Å². The maximum atomic E-state index is 12.7. The predicted octanol–water partition coefficient (Wildman–Crippen LogP) is 2.49. The van der Waals surface area contributed by atoms with Crippen LogP contribution in [-0.2, 0) is 19.3 Å². The van der Waals surface area contributed by atoms with Crippen LogP contribution in [0.1, 0.15) is 33.3 Å². The number of anilines is 1. The molecule has 26 heavy (non-hydrogen) atoms. The first-order valence-corrected chi connectivity index (χ1v) is 9.89. The first-order chi connectivity index (χ1) is 12.0. The number of pyridine rings is 1. The second-order valence-corrected chi connectivity index (χ2v) is 9.15. The van der Waals surface area contributed by atoms with Crippen LogP contribution in [0.3, 0.4) is 0 Å². The van der Waals surface area contributed by atoms with E-state index in [9.17, 15) is 8.42 Å². The highest BCUT2D eigenvalue weighted by Gasteiger charge is 2.52. The molecule has 138 valence electrons. The van der Waals surface area contributed by atoms with Gasteiger partial charge in [0.1, 0.15) is 0 Å². The summed E-state index contributed by atoms with van der Waals surface area (Å²) in [5.74, 6) is 0. The summed E-state index contributed by atoms with van der Waals surface area (Å²) >= 11 is 0. The zero-order valence-corrected chi connectivity index (χ0v) is 16.4. The first-order valence-electron chi connectivity index (χ1n) is 8.41. The average molecular weight is 374 g/mol. The van der Waals surface area contributed by atoms with Gasteiger partial charge in [0.2, 0.25) is 0 Å². The normalized spacial score (nSPS) is 18.7. The van der Waals surface area contributed by atoms with Crippen molar-refractivity contribution in [2.45, 2.75) is 50.7 Å². The number of benzene rings is 1. The van der Waals surface area contributed by atoms with E-state index in [1.165, 1.54) is 6.20 Å². The molecule has 1 fully saturated rings. The summed E-state index contributed by atoms with van der Waals surface area (Å²) in [6.07, 6.45) is 3.09. The second-order valence-electron chi connectivity index (χ2n) is 7.47. The Labute approximate surface area is 155 Å². The molecule has 0 unspecified atom stereocenters. The maximum Gasteiger partial charge on any atom is 0.498 e. The van der Waals surface area contributed by atoms with Crippen molar-refractivity contribution < 1.29 is 17.7 Å². The molecule has 1 saturated heterocycles. The molecule has 0 radical (unpaired) electrons. The topological polar surface area (TPSA) is 77.5 Å². The molecule has 2 aromatic rings. The van der Waals surface area contributed by atoms with Crippen molar-refractivity contribution in [3.63, 3.8) is 0 Å². The van der Waals surface area contributed by atoms with Crippen molar-refractivity contribution in [3.05, 3.63) is 48.3 Å². The third kappa shape index (κ3) is 3.49. The molecule has 8 heteroatoms. The number of nitrogens with zero attached hydrogens (tertiary/aromatic N) is 1. The summed E-state index contributed by atoms with van der Waals surface area (Å²) in [7, 11) is -4.43. The Bertz CT molecular complexity index is 895. The Hall–Kier alpha value is -1.90. The van der Waals surface area contributed by atoms with E-state index in [0.29, 0.717) is 11.2 Å². The zero-order chi connectivity index (χ0) is 19.2. The Morgan fingerprint density at radius 1 is 1.00 bits per heavy atom. The van der Waals surface area contributed by atoms with Crippen LogP contribution in [0, 0.1) is 6.92 Å². The van der Waals surface area contributed by atoms with E-state index in [0.717, 1.165) is 5.56 Å². The Morgan fingerprint density at radius 3 is 2.15 bits per heavy atom. The Balaban J connectivity index is 1.92. The van der Waals surface area contributed by atoms with Crippen molar-refractivity contribution in [2.75, 3.05) is 4.72 Å². The molecule has 6 nitrogen and oxygen atoms in total. The number of hydrogen-bond donors (Lipinski definition) is 1. The van der Waals surface area contributed by atoms with Gasteiger partial charge in [-0.3, -0.25) is 9.71 Å². The average Bonchev–Trinajstić information content (AvgIpc) is 2.76. The lowest BCUT2D eigenvalue weighted by atomic mass is 9.79. The largest absolute Gasteiger partial charge is 0.498 e. The van der Waals surface area contributed by atoms with Gasteiger partial charge in [0.15, 0.2) is 0 Å². The minimum atomic E-state index is -3.73.